The lowest BCUT2D eigenvalue weighted by Gasteiger charge is -2.14. The van der Waals surface area contributed by atoms with E-state index >= 15 is 0 Å². The number of rotatable bonds is 5. The van der Waals surface area contributed by atoms with Crippen LogP contribution in [0.15, 0.2) is 45.6 Å². The Bertz CT molecular complexity index is 1130. The predicted molar refractivity (Wildman–Crippen MR) is 94.0 cm³/mol. The van der Waals surface area contributed by atoms with Crippen LogP contribution < -0.4 is 20.0 Å². The zero-order valence-electron chi connectivity index (χ0n) is 15.3. The van der Waals surface area contributed by atoms with E-state index in [0.717, 1.165) is 17.2 Å². The van der Waals surface area contributed by atoms with Crippen LogP contribution in [0.25, 0.3) is 11.0 Å². The van der Waals surface area contributed by atoms with Crippen LogP contribution >= 0.6 is 0 Å². The van der Waals surface area contributed by atoms with Crippen molar-refractivity contribution >= 4 is 16.9 Å². The topological polar surface area (TPSA) is 88.8 Å². The van der Waals surface area contributed by atoms with Crippen molar-refractivity contribution < 1.29 is 37.0 Å². The molecular weight excluding hydrogens is 393 g/mol. The molecule has 9 heteroatoms. The van der Waals surface area contributed by atoms with Gasteiger partial charge in [0.15, 0.2) is 0 Å². The summed E-state index contributed by atoms with van der Waals surface area (Å²) in [5.74, 6) is -4.14. The Morgan fingerprint density at radius 1 is 1.07 bits per heavy atom. The Morgan fingerprint density at radius 3 is 2.31 bits per heavy atom. The number of alkyl halides is 3. The lowest BCUT2D eigenvalue weighted by Crippen LogP contribution is -2.28. The molecule has 0 spiro atoms. The van der Waals surface area contributed by atoms with Crippen molar-refractivity contribution in [3.05, 3.63) is 63.5 Å². The number of aryl methyl sites for hydroxylation is 2. The number of aliphatic carboxylic acids is 1. The summed E-state index contributed by atoms with van der Waals surface area (Å²) in [5.41, 5.74) is 0.0389. The number of carboxylic acids is 1. The second-order valence-corrected chi connectivity index (χ2v) is 6.33. The van der Waals surface area contributed by atoms with Gasteiger partial charge in [-0.05, 0) is 49.2 Å². The van der Waals surface area contributed by atoms with Gasteiger partial charge in [0, 0.05) is 6.07 Å². The van der Waals surface area contributed by atoms with E-state index in [4.69, 9.17) is 13.9 Å². The fourth-order valence-corrected chi connectivity index (χ4v) is 2.78. The van der Waals surface area contributed by atoms with Crippen LogP contribution in [0, 0.1) is 13.8 Å². The van der Waals surface area contributed by atoms with Crippen LogP contribution in [0.5, 0.6) is 17.2 Å². The van der Waals surface area contributed by atoms with Crippen LogP contribution in [0.1, 0.15) is 16.9 Å². The Labute approximate surface area is 162 Å². The standard InChI is InChI=1S/C20H15F3O6/c1-10-5-11(2)7-13(6-10)28-18-17(26)14-4-3-12(27-9-16(24)25)8-15(14)29-19(18)20(21,22)23/h3-8H,9H2,1-2H3,(H,24,25)/p-1. The molecule has 0 aliphatic heterocycles. The maximum Gasteiger partial charge on any atom is 0.453 e. The summed E-state index contributed by atoms with van der Waals surface area (Å²) in [4.78, 5) is 23.2. The highest BCUT2D eigenvalue weighted by molar-refractivity contribution is 5.80. The molecule has 0 bridgehead atoms. The van der Waals surface area contributed by atoms with Gasteiger partial charge in [0.05, 0.1) is 11.4 Å². The first-order chi connectivity index (χ1) is 13.5. The van der Waals surface area contributed by atoms with Crippen molar-refractivity contribution in [3.8, 4) is 17.2 Å². The van der Waals surface area contributed by atoms with Gasteiger partial charge in [0.25, 0.3) is 5.76 Å². The number of fused-ring (bicyclic) bond motifs is 1. The summed E-state index contributed by atoms with van der Waals surface area (Å²) in [5, 5.41) is 10.3. The quantitative estimate of drug-likeness (QED) is 0.645. The van der Waals surface area contributed by atoms with Gasteiger partial charge in [0.1, 0.15) is 23.7 Å². The van der Waals surface area contributed by atoms with E-state index in [1.54, 1.807) is 19.9 Å². The van der Waals surface area contributed by atoms with Crippen molar-refractivity contribution in [2.45, 2.75) is 20.0 Å². The van der Waals surface area contributed by atoms with Gasteiger partial charge in [-0.15, -0.1) is 0 Å². The highest BCUT2D eigenvalue weighted by atomic mass is 19.4. The second-order valence-electron chi connectivity index (χ2n) is 6.33. The van der Waals surface area contributed by atoms with Gasteiger partial charge in [-0.25, -0.2) is 0 Å². The molecule has 29 heavy (non-hydrogen) atoms. The van der Waals surface area contributed by atoms with E-state index in [1.165, 1.54) is 24.3 Å². The predicted octanol–water partition coefficient (Wildman–Crippen LogP) is 3.35. The van der Waals surface area contributed by atoms with E-state index in [2.05, 4.69) is 0 Å². The fourth-order valence-electron chi connectivity index (χ4n) is 2.78. The molecule has 152 valence electrons. The zero-order chi connectivity index (χ0) is 21.3. The molecule has 0 radical (unpaired) electrons. The largest absolute Gasteiger partial charge is 0.546 e. The van der Waals surface area contributed by atoms with Crippen LogP contribution in [0.3, 0.4) is 0 Å². The van der Waals surface area contributed by atoms with Crippen molar-refractivity contribution in [2.75, 3.05) is 6.61 Å². The highest BCUT2D eigenvalue weighted by Crippen LogP contribution is 2.38. The minimum absolute atomic E-state index is 0.0635. The molecule has 0 saturated carbocycles. The zero-order valence-corrected chi connectivity index (χ0v) is 15.3. The lowest BCUT2D eigenvalue weighted by atomic mass is 10.1. The van der Waals surface area contributed by atoms with Gasteiger partial charge in [-0.2, -0.15) is 13.2 Å². The second kappa shape index (κ2) is 7.50. The monoisotopic (exact) mass is 407 g/mol. The van der Waals surface area contributed by atoms with Gasteiger partial charge in [-0.1, -0.05) is 6.07 Å². The first-order valence-corrected chi connectivity index (χ1v) is 8.31. The summed E-state index contributed by atoms with van der Waals surface area (Å²) in [7, 11) is 0. The van der Waals surface area contributed by atoms with Crippen LogP contribution in [-0.4, -0.2) is 12.6 Å². The van der Waals surface area contributed by atoms with E-state index < -0.39 is 41.3 Å². The number of halogens is 3. The molecule has 1 heterocycles. The van der Waals surface area contributed by atoms with Crippen LogP contribution in [0.4, 0.5) is 13.2 Å². The third-order valence-electron chi connectivity index (χ3n) is 3.85. The molecule has 6 nitrogen and oxygen atoms in total. The van der Waals surface area contributed by atoms with Crippen LogP contribution in [0.2, 0.25) is 0 Å². The lowest BCUT2D eigenvalue weighted by molar-refractivity contribution is -0.307. The molecule has 0 N–H and O–H groups in total. The number of ether oxygens (including phenoxy) is 2. The number of hydrogen-bond donors (Lipinski definition) is 0. The first-order valence-electron chi connectivity index (χ1n) is 8.31. The number of hydrogen-bond acceptors (Lipinski definition) is 6. The van der Waals surface area contributed by atoms with E-state index in [0.29, 0.717) is 0 Å². The molecule has 0 atom stereocenters. The van der Waals surface area contributed by atoms with Crippen LogP contribution in [-0.2, 0) is 11.0 Å². The minimum atomic E-state index is -5.01. The van der Waals surface area contributed by atoms with E-state index in [9.17, 15) is 27.9 Å². The first kappa shape index (κ1) is 20.2. The molecule has 0 aliphatic carbocycles. The van der Waals surface area contributed by atoms with Crippen molar-refractivity contribution in [1.29, 1.82) is 0 Å². The molecular formula is C20H14F3O6-. The molecule has 3 rings (SSSR count). The summed E-state index contributed by atoms with van der Waals surface area (Å²) in [6.07, 6.45) is -5.01. The van der Waals surface area contributed by atoms with E-state index in [-0.39, 0.29) is 16.9 Å². The number of carbonyl (C=O) groups excluding carboxylic acids is 1. The minimum Gasteiger partial charge on any atom is -0.546 e. The Balaban J connectivity index is 2.15. The van der Waals surface area contributed by atoms with Gasteiger partial charge >= 0.3 is 6.18 Å². The van der Waals surface area contributed by atoms with Gasteiger partial charge < -0.3 is 23.8 Å². The normalized spacial score (nSPS) is 11.5. The Hall–Kier alpha value is -3.49. The van der Waals surface area contributed by atoms with Crippen molar-refractivity contribution in [1.82, 2.24) is 0 Å². The third-order valence-corrected chi connectivity index (χ3v) is 3.85. The maximum atomic E-state index is 13.5. The smallest absolute Gasteiger partial charge is 0.453 e. The summed E-state index contributed by atoms with van der Waals surface area (Å²) in [6.45, 7) is 2.67. The van der Waals surface area contributed by atoms with E-state index in [1.807, 2.05) is 0 Å². The Morgan fingerprint density at radius 2 is 1.72 bits per heavy atom. The average molecular weight is 407 g/mol. The molecule has 0 fully saturated rings. The maximum absolute atomic E-state index is 13.5. The number of benzene rings is 2. The number of carbonyl (C=O) groups is 1. The summed E-state index contributed by atoms with van der Waals surface area (Å²) in [6, 6.07) is 8.18. The molecule has 0 amide bonds. The summed E-state index contributed by atoms with van der Waals surface area (Å²) < 4.78 is 55.7. The molecule has 3 aromatic rings. The van der Waals surface area contributed by atoms with Gasteiger partial charge in [0.2, 0.25) is 11.2 Å². The summed E-state index contributed by atoms with van der Waals surface area (Å²) >= 11 is 0. The Kier molecular flexibility index (Phi) is 5.23. The molecule has 1 aromatic heterocycles. The number of carboxylic acid groups (broad SMARTS) is 1. The molecule has 0 aliphatic rings. The molecule has 0 unspecified atom stereocenters. The van der Waals surface area contributed by atoms with Crippen molar-refractivity contribution in [2.24, 2.45) is 0 Å². The highest BCUT2D eigenvalue weighted by Gasteiger charge is 2.40. The average Bonchev–Trinajstić information content (AvgIpc) is 2.60. The fraction of sp³-hybridized carbons (Fsp3) is 0.200. The molecule has 0 saturated heterocycles. The van der Waals surface area contributed by atoms with Crippen molar-refractivity contribution in [3.63, 3.8) is 0 Å². The molecule has 2 aromatic carbocycles. The SMILES string of the molecule is Cc1cc(C)cc(Oc2c(C(F)(F)F)oc3cc(OCC(=O)[O-])ccc3c2=O)c1. The van der Waals surface area contributed by atoms with Gasteiger partial charge in [-0.3, -0.25) is 4.79 Å². The third kappa shape index (κ3) is 4.50.